The van der Waals surface area contributed by atoms with Gasteiger partial charge in [-0.3, -0.25) is 19.2 Å². The van der Waals surface area contributed by atoms with E-state index in [0.717, 1.165) is 128 Å². The number of hydrogen-bond acceptors (Lipinski definition) is 20. The number of hydrogen-bond donors (Lipinski definition) is 4. The van der Waals surface area contributed by atoms with Crippen LogP contribution in [0.15, 0.2) is 185 Å². The van der Waals surface area contributed by atoms with E-state index in [2.05, 4.69) is 80.1 Å². The van der Waals surface area contributed by atoms with Crippen molar-refractivity contribution >= 4 is 55.3 Å². The number of aromatic nitrogens is 11. The number of carbonyl (C=O) groups excluding carboxylic acids is 1. The first-order valence-electron chi connectivity index (χ1n) is 32.8. The van der Waals surface area contributed by atoms with Crippen LogP contribution in [-0.4, -0.2) is 149 Å². The molecule has 1 amide bonds. The van der Waals surface area contributed by atoms with Gasteiger partial charge in [-0.25, -0.2) is 24.9 Å². The van der Waals surface area contributed by atoms with Crippen LogP contribution in [0.1, 0.15) is 49.8 Å². The number of methoxy groups -OCH3 is 3. The molecule has 1 unspecified atom stereocenters. The van der Waals surface area contributed by atoms with Crippen molar-refractivity contribution < 1.29 is 24.1 Å². The van der Waals surface area contributed by atoms with E-state index in [-0.39, 0.29) is 47.1 Å². The number of likely N-dealkylation sites (N-methyl/N-ethyl adjacent to an activating group) is 1. The molecular formula is C76H78N16O8. The maximum absolute atomic E-state index is 13.2. The smallest absolute Gasteiger partial charge is 0.282 e. The van der Waals surface area contributed by atoms with E-state index in [9.17, 15) is 24.3 Å². The molecule has 510 valence electrons. The second kappa shape index (κ2) is 29.6. The summed E-state index contributed by atoms with van der Waals surface area (Å²) in [7, 11) is 9.18. The van der Waals surface area contributed by atoms with E-state index >= 15 is 0 Å². The highest BCUT2D eigenvalue weighted by atomic mass is 16.5. The molecule has 6 aromatic heterocycles. The predicted octanol–water partition coefficient (Wildman–Crippen LogP) is 10.1. The third-order valence-electron chi connectivity index (χ3n) is 18.2. The van der Waals surface area contributed by atoms with E-state index in [0.29, 0.717) is 39.4 Å². The molecule has 2 atom stereocenters. The fourth-order valence-electron chi connectivity index (χ4n) is 12.5. The lowest BCUT2D eigenvalue weighted by Crippen LogP contribution is -2.35. The molecule has 0 saturated carbocycles. The van der Waals surface area contributed by atoms with Crippen molar-refractivity contribution in [1.29, 1.82) is 0 Å². The van der Waals surface area contributed by atoms with Crippen LogP contribution in [-0.2, 0) is 4.79 Å². The zero-order valence-electron chi connectivity index (χ0n) is 57.4. The Kier molecular flexibility index (Phi) is 20.2. The van der Waals surface area contributed by atoms with E-state index in [1.807, 2.05) is 138 Å². The van der Waals surface area contributed by atoms with Gasteiger partial charge in [0.2, 0.25) is 5.91 Å². The number of nitrogens with zero attached hydrogens (tertiary/aromatic N) is 13. The zero-order valence-corrected chi connectivity index (χ0v) is 57.4. The number of aliphatic hydroxyl groups excluding tert-OH is 1. The van der Waals surface area contributed by atoms with Gasteiger partial charge in [0.1, 0.15) is 17.2 Å². The Morgan fingerprint density at radius 1 is 0.570 bits per heavy atom. The highest BCUT2D eigenvalue weighted by Crippen LogP contribution is 2.35. The SMILES string of the molecule is COc1cccc(-c2ccc3c(=O)n(-c4ccc(NC(=O)[C@@H]5CCCN5)cn4)ncc3c2)c1C.COc1cccc(-c2ccc3c(=O)n(-c4ncc(N5CCC(N(C)C)C5)cn4)ncc3c2)c1C.COc1cccc(-c2ccc3c(=O)n(-c4ncc(NC(C)(C)CO)cn4)ncc3c2)c1C. The van der Waals surface area contributed by atoms with Crippen molar-refractivity contribution in [2.45, 2.75) is 71.5 Å². The standard InChI is InChI=1S/C26H28N6O2.C26H25N5O3.C24H25N5O3/c1-17-22(6-5-7-24(17)34-4)18-8-9-23-19(12-18)13-29-32(25(23)33)26-27-14-21(15-28-26)31-11-10-20(16-31)30(2)3;1-16-20(5-3-7-23(16)34-2)17-8-10-21-18(13-17)14-29-31(26(21)33)24-11-9-19(15-28-24)30-25(32)22-6-4-12-27-22;1-15-19(6-5-7-21(15)32-4)16-8-9-20-17(10-16)11-27-29(22(20)31)23-25-12-18(13-26-23)28-24(2,3)14-30/h5-9,12-15,20H,10-11,16H2,1-4H3;3,5,7-11,13-15,22,27H,4,6,12H2,1-2H3,(H,30,32);5-13,28,30H,14H2,1-4H3/t;22-;/m.0./s1. The van der Waals surface area contributed by atoms with Gasteiger partial charge in [-0.2, -0.15) is 29.3 Å². The van der Waals surface area contributed by atoms with Crippen molar-refractivity contribution in [2.75, 3.05) is 77.2 Å². The molecule has 0 spiro atoms. The quantitative estimate of drug-likeness (QED) is 0.0700. The number of benzene rings is 6. The van der Waals surface area contributed by atoms with Crippen LogP contribution >= 0.6 is 0 Å². The van der Waals surface area contributed by atoms with Crippen LogP contribution in [0.5, 0.6) is 17.2 Å². The Morgan fingerprint density at radius 2 is 1.02 bits per heavy atom. The number of nitrogens with one attached hydrogen (secondary N) is 3. The van der Waals surface area contributed by atoms with E-state index in [1.165, 1.54) is 20.2 Å². The Bertz CT molecular complexity index is 5170. The topological polar surface area (TPSA) is 277 Å². The Morgan fingerprint density at radius 3 is 1.43 bits per heavy atom. The average molecular weight is 1340 g/mol. The van der Waals surface area contributed by atoms with Crippen LogP contribution in [0.25, 0.3) is 83.4 Å². The Hall–Kier alpha value is -11.6. The number of ether oxygens (including phenoxy) is 3. The Balaban J connectivity index is 0.000000142. The second-order valence-electron chi connectivity index (χ2n) is 25.5. The molecule has 6 aromatic carbocycles. The molecule has 8 heterocycles. The molecule has 100 heavy (non-hydrogen) atoms. The lowest BCUT2D eigenvalue weighted by Gasteiger charge is -2.24. The summed E-state index contributed by atoms with van der Waals surface area (Å²) in [6.45, 7) is 12.5. The summed E-state index contributed by atoms with van der Waals surface area (Å²) in [6.07, 6.45) is 16.1. The molecule has 24 nitrogen and oxygen atoms in total. The largest absolute Gasteiger partial charge is 0.496 e. The number of rotatable bonds is 16. The van der Waals surface area contributed by atoms with Gasteiger partial charge in [0.05, 0.1) is 122 Å². The second-order valence-corrected chi connectivity index (χ2v) is 25.5. The molecule has 2 aliphatic heterocycles. The number of anilines is 3. The summed E-state index contributed by atoms with van der Waals surface area (Å²) >= 11 is 0. The molecular weight excluding hydrogens is 1260 g/mol. The number of amides is 1. The summed E-state index contributed by atoms with van der Waals surface area (Å²) in [5, 5.41) is 35.4. The van der Waals surface area contributed by atoms with Crippen LogP contribution in [0, 0.1) is 20.8 Å². The summed E-state index contributed by atoms with van der Waals surface area (Å²) in [5.41, 5.74) is 10.1. The third kappa shape index (κ3) is 14.5. The predicted molar refractivity (Wildman–Crippen MR) is 390 cm³/mol. The van der Waals surface area contributed by atoms with Gasteiger partial charge in [0.15, 0.2) is 5.82 Å². The number of aliphatic hydroxyl groups is 1. The normalized spacial score (nSPS) is 14.3. The number of pyridine rings is 1. The molecule has 14 rings (SSSR count). The van der Waals surface area contributed by atoms with E-state index in [1.54, 1.807) is 82.9 Å². The van der Waals surface area contributed by atoms with Crippen molar-refractivity contribution in [3.8, 4) is 68.3 Å². The minimum absolute atomic E-state index is 0.0439. The van der Waals surface area contributed by atoms with Gasteiger partial charge in [0, 0.05) is 35.3 Å². The molecule has 12 aromatic rings. The van der Waals surface area contributed by atoms with Gasteiger partial charge >= 0.3 is 0 Å². The van der Waals surface area contributed by atoms with Crippen LogP contribution in [0.4, 0.5) is 17.1 Å². The summed E-state index contributed by atoms with van der Waals surface area (Å²) in [4.78, 5) is 77.9. The highest BCUT2D eigenvalue weighted by molar-refractivity contribution is 5.95. The molecule has 0 radical (unpaired) electrons. The molecule has 4 N–H and O–H groups in total. The highest BCUT2D eigenvalue weighted by Gasteiger charge is 2.26. The average Bonchev–Trinajstić information content (AvgIpc) is 1.04. The fourth-order valence-corrected chi connectivity index (χ4v) is 12.5. The van der Waals surface area contributed by atoms with Crippen molar-refractivity contribution in [2.24, 2.45) is 0 Å². The number of fused-ring (bicyclic) bond motifs is 3. The summed E-state index contributed by atoms with van der Waals surface area (Å²) < 4.78 is 20.0. The van der Waals surface area contributed by atoms with Gasteiger partial charge in [-0.15, -0.1) is 0 Å². The molecule has 0 bridgehead atoms. The van der Waals surface area contributed by atoms with Crippen LogP contribution in [0.3, 0.4) is 0 Å². The molecule has 2 fully saturated rings. The minimum atomic E-state index is -0.512. The van der Waals surface area contributed by atoms with Gasteiger partial charge in [0.25, 0.3) is 28.6 Å². The summed E-state index contributed by atoms with van der Waals surface area (Å²) in [6, 6.07) is 38.6. The van der Waals surface area contributed by atoms with Gasteiger partial charge in [-0.1, -0.05) is 54.6 Å². The van der Waals surface area contributed by atoms with Crippen LogP contribution in [0.2, 0.25) is 0 Å². The lowest BCUT2D eigenvalue weighted by atomic mass is 9.98. The molecule has 2 saturated heterocycles. The monoisotopic (exact) mass is 1340 g/mol. The fraction of sp³-hybridized carbons (Fsp3) is 0.263. The third-order valence-corrected chi connectivity index (χ3v) is 18.2. The van der Waals surface area contributed by atoms with Gasteiger partial charge in [-0.05, 0) is 191 Å². The zero-order chi connectivity index (χ0) is 70.4. The molecule has 2 aliphatic rings. The van der Waals surface area contributed by atoms with Gasteiger partial charge < -0.3 is 45.1 Å². The number of carbonyl (C=O) groups is 1. The molecule has 0 aliphatic carbocycles. The van der Waals surface area contributed by atoms with E-state index in [4.69, 9.17) is 14.2 Å². The van der Waals surface area contributed by atoms with E-state index < -0.39 is 5.54 Å². The first kappa shape index (κ1) is 68.3. The van der Waals surface area contributed by atoms with Crippen molar-refractivity contribution in [3.63, 3.8) is 0 Å². The Labute approximate surface area is 576 Å². The first-order valence-corrected chi connectivity index (χ1v) is 32.8. The lowest BCUT2D eigenvalue weighted by molar-refractivity contribution is -0.117. The van der Waals surface area contributed by atoms with Crippen molar-refractivity contribution in [1.82, 2.24) is 64.5 Å². The maximum atomic E-state index is 13.2. The molecule has 24 heteroatoms. The maximum Gasteiger partial charge on any atom is 0.282 e. The van der Waals surface area contributed by atoms with Crippen molar-refractivity contribution in [3.05, 3.63) is 219 Å². The minimum Gasteiger partial charge on any atom is -0.496 e. The van der Waals surface area contributed by atoms with Crippen LogP contribution < -0.4 is 51.7 Å². The summed E-state index contributed by atoms with van der Waals surface area (Å²) in [5.74, 6) is 3.22. The first-order chi connectivity index (χ1) is 48.3.